The zero-order chi connectivity index (χ0) is 31.2. The van der Waals surface area contributed by atoms with Crippen molar-refractivity contribution in [2.75, 3.05) is 5.73 Å². The zero-order valence-electron chi connectivity index (χ0n) is 25.0. The number of carbonyl (C=O) groups is 2. The van der Waals surface area contributed by atoms with E-state index in [0.29, 0.717) is 34.4 Å². The van der Waals surface area contributed by atoms with Crippen LogP contribution >= 0.6 is 0 Å². The SMILES string of the molecule is CCC(=O)C1CC1.Cc1c(C2CC2)nc2ccccc2c1-c1ccc(F)cc1.Nc1ccccc1C(=O)c1ccc(F)cc1. The molecule has 2 saturated carbocycles. The predicted molar refractivity (Wildman–Crippen MR) is 173 cm³/mol. The van der Waals surface area contributed by atoms with Gasteiger partial charge in [0.15, 0.2) is 5.78 Å². The van der Waals surface area contributed by atoms with Crippen LogP contribution < -0.4 is 5.73 Å². The summed E-state index contributed by atoms with van der Waals surface area (Å²) in [4.78, 5) is 27.4. The van der Waals surface area contributed by atoms with Crippen LogP contribution in [0.25, 0.3) is 22.0 Å². The summed E-state index contributed by atoms with van der Waals surface area (Å²) in [6.45, 7) is 4.08. The number of hydrogen-bond acceptors (Lipinski definition) is 4. The third-order valence-electron chi connectivity index (χ3n) is 7.96. The molecule has 2 aliphatic rings. The Morgan fingerprint density at radius 2 is 1.39 bits per heavy atom. The molecular formula is C38H36F2N2O2. The molecule has 1 heterocycles. The van der Waals surface area contributed by atoms with Crippen LogP contribution in [0.5, 0.6) is 0 Å². The van der Waals surface area contributed by atoms with Crippen molar-refractivity contribution in [3.8, 4) is 11.1 Å². The predicted octanol–water partition coefficient (Wildman–Crippen LogP) is 9.24. The van der Waals surface area contributed by atoms with Crippen LogP contribution in [0.4, 0.5) is 14.5 Å². The largest absolute Gasteiger partial charge is 0.398 e. The molecule has 44 heavy (non-hydrogen) atoms. The summed E-state index contributed by atoms with van der Waals surface area (Å²) in [5, 5.41) is 1.14. The van der Waals surface area contributed by atoms with Crippen LogP contribution in [-0.2, 0) is 4.79 Å². The average Bonchev–Trinajstić information content (AvgIpc) is 3.96. The lowest BCUT2D eigenvalue weighted by Gasteiger charge is -2.14. The first-order chi connectivity index (χ1) is 21.3. The fourth-order valence-electron chi connectivity index (χ4n) is 5.22. The number of halogens is 2. The van der Waals surface area contributed by atoms with Gasteiger partial charge in [-0.25, -0.2) is 8.78 Å². The minimum absolute atomic E-state index is 0.196. The molecule has 5 aromatic rings. The lowest BCUT2D eigenvalue weighted by Crippen LogP contribution is -2.04. The highest BCUT2D eigenvalue weighted by Gasteiger charge is 2.29. The Bertz CT molecular complexity index is 1770. The van der Waals surface area contributed by atoms with Crippen LogP contribution in [0.2, 0.25) is 0 Å². The van der Waals surface area contributed by atoms with E-state index in [2.05, 4.69) is 19.1 Å². The normalized spacial score (nSPS) is 13.7. The topological polar surface area (TPSA) is 73.1 Å². The van der Waals surface area contributed by atoms with E-state index in [-0.39, 0.29) is 17.4 Å². The third-order valence-corrected chi connectivity index (χ3v) is 7.96. The van der Waals surface area contributed by atoms with Gasteiger partial charge >= 0.3 is 0 Å². The molecule has 0 bridgehead atoms. The maximum atomic E-state index is 13.2. The number of Topliss-reactive ketones (excluding diaryl/α,β-unsaturated/α-hetero) is 1. The van der Waals surface area contributed by atoms with E-state index in [9.17, 15) is 18.4 Å². The lowest BCUT2D eigenvalue weighted by atomic mass is 9.94. The van der Waals surface area contributed by atoms with E-state index in [4.69, 9.17) is 10.7 Å². The number of rotatable bonds is 6. The van der Waals surface area contributed by atoms with Gasteiger partial charge in [0, 0.05) is 46.2 Å². The number of hydrogen-bond donors (Lipinski definition) is 1. The number of carbonyl (C=O) groups excluding carboxylic acids is 2. The highest BCUT2D eigenvalue weighted by Crippen LogP contribution is 2.44. The number of aromatic nitrogens is 1. The summed E-state index contributed by atoms with van der Waals surface area (Å²) >= 11 is 0. The Hall–Kier alpha value is -4.71. The van der Waals surface area contributed by atoms with Gasteiger partial charge in [-0.05, 0) is 104 Å². The van der Waals surface area contributed by atoms with Gasteiger partial charge < -0.3 is 5.73 Å². The number of anilines is 1. The first-order valence-corrected chi connectivity index (χ1v) is 15.1. The number of para-hydroxylation sites is 2. The highest BCUT2D eigenvalue weighted by molar-refractivity contribution is 6.12. The van der Waals surface area contributed by atoms with Crippen LogP contribution in [0.15, 0.2) is 97.1 Å². The van der Waals surface area contributed by atoms with Crippen LogP contribution in [-0.4, -0.2) is 16.6 Å². The molecule has 2 aliphatic carbocycles. The van der Waals surface area contributed by atoms with Gasteiger partial charge in [-0.15, -0.1) is 0 Å². The molecule has 0 amide bonds. The standard InChI is InChI=1S/C19H16FN.C13H10FNO.C6H10O/c1-12-18(13-8-10-15(20)11-9-13)16-4-2-3-5-17(16)21-19(12)14-6-7-14;14-10-7-5-9(6-8-10)13(16)11-3-1-2-4-12(11)15;1-2-6(7)5-3-4-5/h2-5,8-11,14H,6-7H2,1H3;1-8H,15H2;5H,2-4H2,1H3. The Morgan fingerprint density at radius 3 is 1.95 bits per heavy atom. The van der Waals surface area contributed by atoms with Crippen molar-refractivity contribution >= 4 is 28.2 Å². The Kier molecular flexibility index (Phi) is 9.59. The van der Waals surface area contributed by atoms with Crippen molar-refractivity contribution in [1.29, 1.82) is 0 Å². The van der Waals surface area contributed by atoms with E-state index in [1.54, 1.807) is 24.3 Å². The molecule has 4 nitrogen and oxygen atoms in total. The monoisotopic (exact) mass is 590 g/mol. The number of fused-ring (bicyclic) bond motifs is 1. The first-order valence-electron chi connectivity index (χ1n) is 15.1. The highest BCUT2D eigenvalue weighted by atomic mass is 19.1. The van der Waals surface area contributed by atoms with Gasteiger partial charge in [0.1, 0.15) is 17.4 Å². The zero-order valence-corrected chi connectivity index (χ0v) is 25.0. The third kappa shape index (κ3) is 7.43. The molecule has 0 spiro atoms. The van der Waals surface area contributed by atoms with Gasteiger partial charge in [0.05, 0.1) is 5.52 Å². The van der Waals surface area contributed by atoms with Gasteiger partial charge in [0.2, 0.25) is 0 Å². The molecule has 2 fully saturated rings. The summed E-state index contributed by atoms with van der Waals surface area (Å²) in [6.07, 6.45) is 5.52. The fraction of sp³-hybridized carbons (Fsp3) is 0.237. The number of pyridine rings is 1. The van der Waals surface area contributed by atoms with E-state index in [1.165, 1.54) is 66.1 Å². The van der Waals surface area contributed by atoms with Crippen LogP contribution in [0, 0.1) is 24.5 Å². The Labute approximate surface area is 257 Å². The summed E-state index contributed by atoms with van der Waals surface area (Å²) in [6, 6.07) is 27.2. The van der Waals surface area contributed by atoms with E-state index < -0.39 is 0 Å². The second-order valence-electron chi connectivity index (χ2n) is 11.3. The number of nitrogen functional groups attached to an aromatic ring is 1. The molecule has 4 aromatic carbocycles. The molecule has 224 valence electrons. The summed E-state index contributed by atoms with van der Waals surface area (Å²) in [5.74, 6) is 0.784. The van der Waals surface area contributed by atoms with E-state index in [0.717, 1.165) is 35.7 Å². The maximum Gasteiger partial charge on any atom is 0.195 e. The van der Waals surface area contributed by atoms with E-state index >= 15 is 0 Å². The minimum Gasteiger partial charge on any atom is -0.398 e. The molecule has 6 heteroatoms. The van der Waals surface area contributed by atoms with Gasteiger partial charge in [0.25, 0.3) is 0 Å². The van der Waals surface area contributed by atoms with Crippen molar-refractivity contribution < 1.29 is 18.4 Å². The van der Waals surface area contributed by atoms with E-state index in [1.807, 2.05) is 31.2 Å². The summed E-state index contributed by atoms with van der Waals surface area (Å²) < 4.78 is 25.9. The van der Waals surface area contributed by atoms with Crippen molar-refractivity contribution in [2.24, 2.45) is 5.92 Å². The van der Waals surface area contributed by atoms with Gasteiger partial charge in [-0.3, -0.25) is 14.6 Å². The quantitative estimate of drug-likeness (QED) is 0.158. The molecule has 0 radical (unpaired) electrons. The second-order valence-corrected chi connectivity index (χ2v) is 11.3. The first kappa shape index (κ1) is 30.7. The van der Waals surface area contributed by atoms with Crippen molar-refractivity contribution in [2.45, 2.75) is 51.9 Å². The smallest absolute Gasteiger partial charge is 0.195 e. The van der Waals surface area contributed by atoms with Crippen molar-refractivity contribution in [3.05, 3.63) is 131 Å². The number of nitrogens with zero attached hydrogens (tertiary/aromatic N) is 1. The Balaban J connectivity index is 0.000000147. The molecule has 0 aliphatic heterocycles. The number of nitrogens with two attached hydrogens (primary N) is 1. The lowest BCUT2D eigenvalue weighted by molar-refractivity contribution is -0.119. The maximum absolute atomic E-state index is 13.2. The average molecular weight is 591 g/mol. The van der Waals surface area contributed by atoms with Gasteiger partial charge in [-0.2, -0.15) is 0 Å². The van der Waals surface area contributed by atoms with Crippen molar-refractivity contribution in [3.63, 3.8) is 0 Å². The molecule has 2 N–H and O–H groups in total. The molecule has 1 aromatic heterocycles. The molecule has 7 rings (SSSR count). The summed E-state index contributed by atoms with van der Waals surface area (Å²) in [7, 11) is 0. The minimum atomic E-state index is -0.363. The summed E-state index contributed by atoms with van der Waals surface area (Å²) in [5.41, 5.74) is 12.7. The fourth-order valence-corrected chi connectivity index (χ4v) is 5.22. The molecule has 0 atom stereocenters. The number of ketones is 2. The Morgan fingerprint density at radius 1 is 0.795 bits per heavy atom. The second kappa shape index (κ2) is 13.7. The number of benzene rings is 4. The molecular weight excluding hydrogens is 554 g/mol. The van der Waals surface area contributed by atoms with Gasteiger partial charge in [-0.1, -0.05) is 49.4 Å². The van der Waals surface area contributed by atoms with Crippen LogP contribution in [0.3, 0.4) is 0 Å². The van der Waals surface area contributed by atoms with Crippen LogP contribution in [0.1, 0.15) is 72.1 Å². The molecule has 0 saturated heterocycles. The van der Waals surface area contributed by atoms with Crippen molar-refractivity contribution in [1.82, 2.24) is 4.98 Å². The molecule has 0 unspecified atom stereocenters.